The minimum Gasteiger partial charge on any atom is -0.492 e. The highest BCUT2D eigenvalue weighted by Crippen LogP contribution is 2.15. The minimum atomic E-state index is -3.16. The zero-order valence-corrected chi connectivity index (χ0v) is 19.7. The van der Waals surface area contributed by atoms with Crippen molar-refractivity contribution in [3.05, 3.63) is 59.1 Å². The molecule has 0 amide bonds. The van der Waals surface area contributed by atoms with Gasteiger partial charge in [-0.25, -0.2) is 8.42 Å². The van der Waals surface area contributed by atoms with E-state index in [-0.39, 0.29) is 24.0 Å². The Morgan fingerprint density at radius 3 is 2.21 bits per heavy atom. The van der Waals surface area contributed by atoms with Gasteiger partial charge in [0.05, 0.1) is 11.4 Å². The Morgan fingerprint density at radius 2 is 1.64 bits per heavy atom. The highest BCUT2D eigenvalue weighted by molar-refractivity contribution is 14.0. The molecule has 0 bridgehead atoms. The summed E-state index contributed by atoms with van der Waals surface area (Å²) in [5.74, 6) is 1.45. The number of rotatable bonds is 8. The van der Waals surface area contributed by atoms with Crippen molar-refractivity contribution in [2.45, 2.75) is 11.3 Å². The third-order valence-corrected chi connectivity index (χ3v) is 5.14. The average molecular weight is 538 g/mol. The van der Waals surface area contributed by atoms with Crippen LogP contribution in [0.5, 0.6) is 5.75 Å². The standard InChI is InChI=1S/C19H24ClN3O3S.HI/c1-21-19(23-13-14-26-17-7-5-16(20)6-8-17)22-12-11-15-3-9-18(10-4-15)27(2,24)25;/h3-10H,11-14H2,1-2H3,(H2,21,22,23);1H. The Bertz CT molecular complexity index is 857. The molecule has 0 fully saturated rings. The van der Waals surface area contributed by atoms with E-state index in [1.165, 1.54) is 6.26 Å². The van der Waals surface area contributed by atoms with Crippen LogP contribution in [0.3, 0.4) is 0 Å². The van der Waals surface area contributed by atoms with Crippen molar-refractivity contribution < 1.29 is 13.2 Å². The average Bonchev–Trinajstić information content (AvgIpc) is 2.65. The van der Waals surface area contributed by atoms with Crippen molar-refractivity contribution in [3.63, 3.8) is 0 Å². The molecule has 28 heavy (non-hydrogen) atoms. The topological polar surface area (TPSA) is 79.8 Å². The Kier molecular flexibility index (Phi) is 10.6. The fourth-order valence-corrected chi connectivity index (χ4v) is 3.07. The molecule has 0 aliphatic carbocycles. The lowest BCUT2D eigenvalue weighted by Crippen LogP contribution is -2.40. The van der Waals surface area contributed by atoms with E-state index in [0.717, 1.165) is 17.7 Å². The van der Waals surface area contributed by atoms with Crippen LogP contribution in [0.15, 0.2) is 58.4 Å². The number of nitrogens with zero attached hydrogens (tertiary/aromatic N) is 1. The summed E-state index contributed by atoms with van der Waals surface area (Å²) in [5.41, 5.74) is 1.05. The normalized spacial score (nSPS) is 11.5. The van der Waals surface area contributed by atoms with E-state index in [1.807, 2.05) is 24.3 Å². The largest absolute Gasteiger partial charge is 0.492 e. The molecule has 6 nitrogen and oxygen atoms in total. The fourth-order valence-electron chi connectivity index (χ4n) is 2.32. The van der Waals surface area contributed by atoms with Gasteiger partial charge >= 0.3 is 0 Å². The summed E-state index contributed by atoms with van der Waals surface area (Å²) in [6.07, 6.45) is 1.96. The third kappa shape index (κ3) is 8.66. The molecule has 0 saturated heterocycles. The smallest absolute Gasteiger partial charge is 0.191 e. The molecule has 0 aliphatic rings. The first-order valence-corrected chi connectivity index (χ1v) is 10.8. The first-order valence-electron chi connectivity index (χ1n) is 8.50. The predicted octanol–water partition coefficient (Wildman–Crippen LogP) is 3.15. The molecule has 9 heteroatoms. The molecular weight excluding hydrogens is 513 g/mol. The van der Waals surface area contributed by atoms with Crippen LogP contribution in [0.4, 0.5) is 0 Å². The Morgan fingerprint density at radius 1 is 1.04 bits per heavy atom. The molecule has 0 heterocycles. The summed E-state index contributed by atoms with van der Waals surface area (Å²) in [5, 5.41) is 7.07. The van der Waals surface area contributed by atoms with Crippen LogP contribution in [-0.4, -0.2) is 47.4 Å². The number of aliphatic imine (C=N–C) groups is 1. The molecule has 0 unspecified atom stereocenters. The number of halogens is 2. The van der Waals surface area contributed by atoms with E-state index in [4.69, 9.17) is 16.3 Å². The predicted molar refractivity (Wildman–Crippen MR) is 125 cm³/mol. The highest BCUT2D eigenvalue weighted by Gasteiger charge is 2.06. The number of guanidine groups is 1. The van der Waals surface area contributed by atoms with Gasteiger partial charge in [0, 0.05) is 24.9 Å². The molecule has 2 aromatic rings. The SMILES string of the molecule is CN=C(NCCOc1ccc(Cl)cc1)NCCc1ccc(S(C)(=O)=O)cc1.I. The fraction of sp³-hybridized carbons (Fsp3) is 0.316. The number of hydrogen-bond acceptors (Lipinski definition) is 4. The van der Waals surface area contributed by atoms with Crippen molar-refractivity contribution in [2.24, 2.45) is 4.99 Å². The summed E-state index contributed by atoms with van der Waals surface area (Å²) in [6.45, 7) is 1.77. The molecule has 2 N–H and O–H groups in total. The molecule has 2 aromatic carbocycles. The number of benzene rings is 2. The minimum absolute atomic E-state index is 0. The third-order valence-electron chi connectivity index (χ3n) is 3.76. The van der Waals surface area contributed by atoms with Gasteiger partial charge in [0.15, 0.2) is 15.8 Å². The zero-order chi connectivity index (χ0) is 19.7. The summed E-state index contributed by atoms with van der Waals surface area (Å²) in [6, 6.07) is 14.1. The van der Waals surface area contributed by atoms with E-state index in [1.54, 1.807) is 31.3 Å². The molecule has 0 aromatic heterocycles. The lowest BCUT2D eigenvalue weighted by Gasteiger charge is -2.12. The summed E-state index contributed by atoms with van der Waals surface area (Å²) < 4.78 is 28.5. The number of nitrogens with one attached hydrogen (secondary N) is 2. The van der Waals surface area contributed by atoms with Crippen LogP contribution >= 0.6 is 35.6 Å². The van der Waals surface area contributed by atoms with E-state index >= 15 is 0 Å². The maximum atomic E-state index is 11.5. The number of ether oxygens (including phenoxy) is 1. The van der Waals surface area contributed by atoms with Gasteiger partial charge in [-0.15, -0.1) is 24.0 Å². The van der Waals surface area contributed by atoms with E-state index < -0.39 is 9.84 Å². The Labute approximate surface area is 188 Å². The van der Waals surface area contributed by atoms with E-state index in [9.17, 15) is 8.42 Å². The van der Waals surface area contributed by atoms with Crippen LogP contribution in [0.1, 0.15) is 5.56 Å². The van der Waals surface area contributed by atoms with Crippen LogP contribution in [-0.2, 0) is 16.3 Å². The molecule has 0 spiro atoms. The van der Waals surface area contributed by atoms with Gasteiger partial charge in [-0.1, -0.05) is 23.7 Å². The Hall–Kier alpha value is -1.52. The van der Waals surface area contributed by atoms with Gasteiger partial charge < -0.3 is 15.4 Å². The maximum absolute atomic E-state index is 11.5. The van der Waals surface area contributed by atoms with Crippen molar-refractivity contribution in [3.8, 4) is 5.75 Å². The molecule has 0 aliphatic heterocycles. The summed E-state index contributed by atoms with van der Waals surface area (Å²) in [4.78, 5) is 4.49. The second kappa shape index (κ2) is 12.1. The second-order valence-electron chi connectivity index (χ2n) is 5.89. The van der Waals surface area contributed by atoms with E-state index in [0.29, 0.717) is 35.6 Å². The van der Waals surface area contributed by atoms with Crippen LogP contribution in [0, 0.1) is 0 Å². The van der Waals surface area contributed by atoms with Gasteiger partial charge in [-0.05, 0) is 48.4 Å². The van der Waals surface area contributed by atoms with Crippen LogP contribution < -0.4 is 15.4 Å². The second-order valence-corrected chi connectivity index (χ2v) is 8.35. The quantitative estimate of drug-likeness (QED) is 0.234. The molecule has 0 radical (unpaired) electrons. The monoisotopic (exact) mass is 537 g/mol. The van der Waals surface area contributed by atoms with Crippen molar-refractivity contribution in [1.29, 1.82) is 0 Å². The molecule has 0 atom stereocenters. The van der Waals surface area contributed by atoms with Crippen LogP contribution in [0.2, 0.25) is 5.02 Å². The van der Waals surface area contributed by atoms with Crippen LogP contribution in [0.25, 0.3) is 0 Å². The first kappa shape index (κ1) is 24.5. The summed E-state index contributed by atoms with van der Waals surface area (Å²) >= 11 is 5.84. The molecule has 0 saturated carbocycles. The van der Waals surface area contributed by atoms with E-state index in [2.05, 4.69) is 15.6 Å². The first-order chi connectivity index (χ1) is 12.9. The van der Waals surface area contributed by atoms with Gasteiger partial charge in [0.25, 0.3) is 0 Å². The lowest BCUT2D eigenvalue weighted by molar-refractivity contribution is 0.322. The van der Waals surface area contributed by atoms with Gasteiger partial charge in [-0.3, -0.25) is 4.99 Å². The van der Waals surface area contributed by atoms with Crippen molar-refractivity contribution in [1.82, 2.24) is 10.6 Å². The lowest BCUT2D eigenvalue weighted by atomic mass is 10.1. The highest BCUT2D eigenvalue weighted by atomic mass is 127. The van der Waals surface area contributed by atoms with Gasteiger partial charge in [-0.2, -0.15) is 0 Å². The maximum Gasteiger partial charge on any atom is 0.191 e. The van der Waals surface area contributed by atoms with Gasteiger partial charge in [0.1, 0.15) is 12.4 Å². The summed E-state index contributed by atoms with van der Waals surface area (Å²) in [7, 11) is -1.45. The molecule has 154 valence electrons. The van der Waals surface area contributed by atoms with Crippen molar-refractivity contribution >= 4 is 51.4 Å². The zero-order valence-electron chi connectivity index (χ0n) is 15.8. The van der Waals surface area contributed by atoms with Gasteiger partial charge in [0.2, 0.25) is 0 Å². The molecular formula is C19H25ClIN3O3S. The van der Waals surface area contributed by atoms with Crippen molar-refractivity contribution in [2.75, 3.05) is 33.0 Å². The molecule has 2 rings (SSSR count). The Balaban J connectivity index is 0.00000392. The number of hydrogen-bond donors (Lipinski definition) is 2. The number of sulfone groups is 1.